The quantitative estimate of drug-likeness (QED) is 0.495. The van der Waals surface area contributed by atoms with Gasteiger partial charge in [0.25, 0.3) is 0 Å². The molecule has 0 atom stereocenters. The van der Waals surface area contributed by atoms with Crippen LogP contribution in [-0.2, 0) is 10.5 Å². The summed E-state index contributed by atoms with van der Waals surface area (Å²) in [6, 6.07) is 15.6. The van der Waals surface area contributed by atoms with Crippen molar-refractivity contribution in [1.82, 2.24) is 0 Å². The summed E-state index contributed by atoms with van der Waals surface area (Å²) in [6.45, 7) is 0. The average molecular weight is 241 g/mol. The molecule has 0 heterocycles. The summed E-state index contributed by atoms with van der Waals surface area (Å²) in [5.74, 6) is 0.658. The van der Waals surface area contributed by atoms with Gasteiger partial charge in [0.1, 0.15) is 0 Å². The molecule has 0 aliphatic heterocycles. The zero-order valence-corrected chi connectivity index (χ0v) is 10.0. The van der Waals surface area contributed by atoms with Crippen LogP contribution in [0.3, 0.4) is 0 Å². The zero-order valence-electron chi connectivity index (χ0n) is 9.13. The van der Waals surface area contributed by atoms with E-state index in [1.165, 1.54) is 0 Å². The standard InChI is InChI=1S/C14H11NOS/c16-10-15-14-7-6-11(9-17)8-13(14)12-4-2-1-3-5-12/h1-8,17H,9H2. The Morgan fingerprint density at radius 2 is 1.88 bits per heavy atom. The first kappa shape index (κ1) is 11.6. The van der Waals surface area contributed by atoms with E-state index in [2.05, 4.69) is 17.6 Å². The van der Waals surface area contributed by atoms with Crippen molar-refractivity contribution in [1.29, 1.82) is 0 Å². The van der Waals surface area contributed by atoms with E-state index in [4.69, 9.17) is 0 Å². The van der Waals surface area contributed by atoms with Crippen LogP contribution in [0.4, 0.5) is 5.69 Å². The molecule has 3 heteroatoms. The van der Waals surface area contributed by atoms with Crippen molar-refractivity contribution in [2.24, 2.45) is 4.99 Å². The van der Waals surface area contributed by atoms with Gasteiger partial charge in [-0.2, -0.15) is 17.6 Å². The highest BCUT2D eigenvalue weighted by Gasteiger charge is 2.05. The highest BCUT2D eigenvalue weighted by molar-refractivity contribution is 7.79. The number of hydrogen-bond donors (Lipinski definition) is 1. The Bertz CT molecular complexity index is 560. The van der Waals surface area contributed by atoms with Crippen LogP contribution >= 0.6 is 12.6 Å². The fourth-order valence-electron chi connectivity index (χ4n) is 1.68. The van der Waals surface area contributed by atoms with Crippen molar-refractivity contribution in [2.75, 3.05) is 0 Å². The average Bonchev–Trinajstić information content (AvgIpc) is 2.40. The van der Waals surface area contributed by atoms with Gasteiger partial charge in [-0.15, -0.1) is 0 Å². The Kier molecular flexibility index (Phi) is 3.76. The van der Waals surface area contributed by atoms with E-state index >= 15 is 0 Å². The smallest absolute Gasteiger partial charge is 0.211 e. The second kappa shape index (κ2) is 5.48. The molecule has 0 N–H and O–H groups in total. The Morgan fingerprint density at radius 1 is 1.12 bits per heavy atom. The lowest BCUT2D eigenvalue weighted by atomic mass is 10.0. The molecule has 2 aromatic carbocycles. The molecule has 2 aromatic rings. The van der Waals surface area contributed by atoms with Crippen LogP contribution in [0.25, 0.3) is 11.1 Å². The van der Waals surface area contributed by atoms with Gasteiger partial charge in [0.05, 0.1) is 5.69 Å². The second-order valence-corrected chi connectivity index (χ2v) is 3.89. The number of rotatable bonds is 3. The molecule has 0 saturated heterocycles. The molecule has 0 fully saturated rings. The summed E-state index contributed by atoms with van der Waals surface area (Å²) in [6.07, 6.45) is 1.59. The largest absolute Gasteiger partial charge is 0.240 e. The van der Waals surface area contributed by atoms with E-state index in [1.807, 2.05) is 48.5 Å². The normalized spacial score (nSPS) is 9.71. The van der Waals surface area contributed by atoms with Crippen molar-refractivity contribution < 1.29 is 4.79 Å². The van der Waals surface area contributed by atoms with Crippen molar-refractivity contribution in [2.45, 2.75) is 5.75 Å². The maximum atomic E-state index is 10.4. The number of aliphatic imine (C=N–C) groups is 1. The van der Waals surface area contributed by atoms with Gasteiger partial charge in [0, 0.05) is 11.3 Å². The Labute approximate surface area is 105 Å². The molecule has 0 saturated carbocycles. The molecule has 0 bridgehead atoms. The van der Waals surface area contributed by atoms with E-state index < -0.39 is 0 Å². The Balaban J connectivity index is 2.60. The molecule has 0 unspecified atom stereocenters. The molecule has 0 aliphatic carbocycles. The lowest BCUT2D eigenvalue weighted by Gasteiger charge is -2.06. The molecule has 0 aliphatic rings. The van der Waals surface area contributed by atoms with Gasteiger partial charge in [-0.25, -0.2) is 4.79 Å². The minimum atomic E-state index is 0.636. The van der Waals surface area contributed by atoms with Crippen molar-refractivity contribution in [3.8, 4) is 11.1 Å². The molecule has 0 aromatic heterocycles. The van der Waals surface area contributed by atoms with E-state index in [9.17, 15) is 4.79 Å². The molecule has 0 spiro atoms. The highest BCUT2D eigenvalue weighted by atomic mass is 32.1. The van der Waals surface area contributed by atoms with Gasteiger partial charge in [-0.1, -0.05) is 36.4 Å². The summed E-state index contributed by atoms with van der Waals surface area (Å²) >= 11 is 4.25. The molecule has 2 nitrogen and oxygen atoms in total. The third-order valence-corrected chi connectivity index (χ3v) is 2.86. The first-order chi connectivity index (χ1) is 8.35. The number of carbonyl (C=O) groups excluding carboxylic acids is 1. The van der Waals surface area contributed by atoms with Crippen LogP contribution in [0, 0.1) is 0 Å². The van der Waals surface area contributed by atoms with E-state index in [0.29, 0.717) is 11.4 Å². The van der Waals surface area contributed by atoms with Crippen LogP contribution in [0.5, 0.6) is 0 Å². The third kappa shape index (κ3) is 2.64. The summed E-state index contributed by atoms with van der Waals surface area (Å²) < 4.78 is 0. The highest BCUT2D eigenvalue weighted by Crippen LogP contribution is 2.31. The van der Waals surface area contributed by atoms with Crippen LogP contribution in [0.1, 0.15) is 5.56 Å². The molecule has 0 radical (unpaired) electrons. The first-order valence-corrected chi connectivity index (χ1v) is 5.85. The lowest BCUT2D eigenvalue weighted by Crippen LogP contribution is -1.83. The van der Waals surface area contributed by atoms with Gasteiger partial charge < -0.3 is 0 Å². The second-order valence-electron chi connectivity index (χ2n) is 3.58. The third-order valence-electron chi connectivity index (χ3n) is 2.49. The maximum absolute atomic E-state index is 10.4. The van der Waals surface area contributed by atoms with Crippen LogP contribution in [0.15, 0.2) is 53.5 Å². The molecule has 84 valence electrons. The van der Waals surface area contributed by atoms with E-state index in [1.54, 1.807) is 6.08 Å². The summed E-state index contributed by atoms with van der Waals surface area (Å²) in [4.78, 5) is 14.1. The molecule has 2 rings (SSSR count). The molecule has 17 heavy (non-hydrogen) atoms. The van der Waals surface area contributed by atoms with Crippen LogP contribution < -0.4 is 0 Å². The van der Waals surface area contributed by atoms with Gasteiger partial charge >= 0.3 is 0 Å². The van der Waals surface area contributed by atoms with Gasteiger partial charge in [0.2, 0.25) is 6.08 Å². The number of hydrogen-bond acceptors (Lipinski definition) is 3. The minimum absolute atomic E-state index is 0.636. The fourth-order valence-corrected chi connectivity index (χ4v) is 1.87. The predicted octanol–water partition coefficient (Wildman–Crippen LogP) is 3.75. The zero-order chi connectivity index (χ0) is 12.1. The number of benzene rings is 2. The monoisotopic (exact) mass is 241 g/mol. The van der Waals surface area contributed by atoms with Crippen molar-refractivity contribution in [3.05, 3.63) is 54.1 Å². The Morgan fingerprint density at radius 3 is 2.53 bits per heavy atom. The topological polar surface area (TPSA) is 29.4 Å². The van der Waals surface area contributed by atoms with Crippen LogP contribution in [0.2, 0.25) is 0 Å². The van der Waals surface area contributed by atoms with E-state index in [0.717, 1.165) is 16.7 Å². The van der Waals surface area contributed by atoms with Gasteiger partial charge in [-0.3, -0.25) is 0 Å². The number of isocyanates is 1. The molecular weight excluding hydrogens is 230 g/mol. The lowest BCUT2D eigenvalue weighted by molar-refractivity contribution is 0.565. The molecule has 0 amide bonds. The maximum Gasteiger partial charge on any atom is 0.240 e. The fraction of sp³-hybridized carbons (Fsp3) is 0.0714. The SMILES string of the molecule is O=C=Nc1ccc(CS)cc1-c1ccccc1. The number of thiol groups is 1. The summed E-state index contributed by atoms with van der Waals surface area (Å²) in [5.41, 5.74) is 3.69. The predicted molar refractivity (Wildman–Crippen MR) is 72.3 cm³/mol. The van der Waals surface area contributed by atoms with Crippen LogP contribution in [-0.4, -0.2) is 6.08 Å². The summed E-state index contributed by atoms with van der Waals surface area (Å²) in [5, 5.41) is 0. The summed E-state index contributed by atoms with van der Waals surface area (Å²) in [7, 11) is 0. The Hall–Kier alpha value is -1.83. The van der Waals surface area contributed by atoms with Crippen molar-refractivity contribution >= 4 is 24.4 Å². The van der Waals surface area contributed by atoms with Gasteiger partial charge in [-0.05, 0) is 23.3 Å². The van der Waals surface area contributed by atoms with E-state index in [-0.39, 0.29) is 0 Å². The van der Waals surface area contributed by atoms with Crippen molar-refractivity contribution in [3.63, 3.8) is 0 Å². The number of nitrogens with zero attached hydrogens (tertiary/aromatic N) is 1. The minimum Gasteiger partial charge on any atom is -0.211 e. The molecular formula is C14H11NOS. The van der Waals surface area contributed by atoms with Gasteiger partial charge in [0.15, 0.2) is 0 Å². The first-order valence-electron chi connectivity index (χ1n) is 5.22.